The first-order valence-electron chi connectivity index (χ1n) is 5.46. The minimum absolute atomic E-state index is 0.129. The zero-order valence-corrected chi connectivity index (χ0v) is 11.4. The van der Waals surface area contributed by atoms with Crippen molar-refractivity contribution in [3.8, 4) is 0 Å². The van der Waals surface area contributed by atoms with Gasteiger partial charge in [-0.3, -0.25) is 4.72 Å². The van der Waals surface area contributed by atoms with E-state index < -0.39 is 21.6 Å². The molecule has 0 unspecified atom stereocenters. The molecule has 0 aliphatic heterocycles. The van der Waals surface area contributed by atoms with Crippen LogP contribution in [0, 0.1) is 5.82 Å². The second kappa shape index (κ2) is 5.59. The van der Waals surface area contributed by atoms with Crippen LogP contribution in [0.15, 0.2) is 48.5 Å². The molecule has 1 N–H and O–H groups in total. The standard InChI is InChI=1S/C13H11ClFNO2S/c14-11-5-7-12(8-6-11)16-19(17,18)9-10-3-1-2-4-13(10)15/h1-8,16H,9H2. The SMILES string of the molecule is O=S(=O)(Cc1ccccc1F)Nc1ccc(Cl)cc1. The maximum atomic E-state index is 13.4. The number of nitrogens with one attached hydrogen (secondary N) is 1. The van der Waals surface area contributed by atoms with Crippen molar-refractivity contribution in [3.63, 3.8) is 0 Å². The maximum Gasteiger partial charge on any atom is 0.237 e. The Morgan fingerprint density at radius 1 is 1.05 bits per heavy atom. The van der Waals surface area contributed by atoms with Crippen LogP contribution in [0.2, 0.25) is 5.02 Å². The highest BCUT2D eigenvalue weighted by molar-refractivity contribution is 7.91. The first-order chi connectivity index (χ1) is 8.96. The summed E-state index contributed by atoms with van der Waals surface area (Å²) < 4.78 is 39.6. The maximum absolute atomic E-state index is 13.4. The van der Waals surface area contributed by atoms with E-state index in [0.29, 0.717) is 10.7 Å². The molecule has 0 saturated heterocycles. The Morgan fingerprint density at radius 2 is 1.68 bits per heavy atom. The fourth-order valence-corrected chi connectivity index (χ4v) is 2.89. The lowest BCUT2D eigenvalue weighted by atomic mass is 10.2. The summed E-state index contributed by atoms with van der Waals surface area (Å²) in [4.78, 5) is 0. The highest BCUT2D eigenvalue weighted by atomic mass is 35.5. The molecule has 0 atom stereocenters. The van der Waals surface area contributed by atoms with E-state index >= 15 is 0 Å². The van der Waals surface area contributed by atoms with E-state index in [9.17, 15) is 12.8 Å². The average molecular weight is 300 g/mol. The number of halogens is 2. The van der Waals surface area contributed by atoms with E-state index in [1.54, 1.807) is 30.3 Å². The van der Waals surface area contributed by atoms with E-state index in [4.69, 9.17) is 11.6 Å². The minimum Gasteiger partial charge on any atom is -0.283 e. The molecule has 19 heavy (non-hydrogen) atoms. The van der Waals surface area contributed by atoms with E-state index in [1.807, 2.05) is 0 Å². The second-order valence-electron chi connectivity index (χ2n) is 3.96. The number of sulfonamides is 1. The molecule has 0 saturated carbocycles. The monoisotopic (exact) mass is 299 g/mol. The molecule has 2 aromatic rings. The Morgan fingerprint density at radius 3 is 2.32 bits per heavy atom. The van der Waals surface area contributed by atoms with E-state index in [0.717, 1.165) is 0 Å². The molecular formula is C13H11ClFNO2S. The van der Waals surface area contributed by atoms with Gasteiger partial charge < -0.3 is 0 Å². The Balaban J connectivity index is 2.15. The van der Waals surface area contributed by atoms with Gasteiger partial charge in [0.05, 0.1) is 5.75 Å². The molecule has 6 heteroatoms. The number of benzene rings is 2. The summed E-state index contributed by atoms with van der Waals surface area (Å²) in [6.07, 6.45) is 0. The summed E-state index contributed by atoms with van der Waals surface area (Å²) in [6.45, 7) is 0. The fraction of sp³-hybridized carbons (Fsp3) is 0.0769. The van der Waals surface area contributed by atoms with Gasteiger partial charge in [0.15, 0.2) is 0 Å². The van der Waals surface area contributed by atoms with Crippen LogP contribution in [0.4, 0.5) is 10.1 Å². The molecule has 2 aromatic carbocycles. The fourth-order valence-electron chi connectivity index (χ4n) is 1.55. The summed E-state index contributed by atoms with van der Waals surface area (Å²) in [5.41, 5.74) is 0.518. The Hall–Kier alpha value is -1.59. The van der Waals surface area contributed by atoms with Crippen molar-refractivity contribution in [2.45, 2.75) is 5.75 Å². The molecule has 0 fully saturated rings. The molecule has 3 nitrogen and oxygen atoms in total. The smallest absolute Gasteiger partial charge is 0.237 e. The lowest BCUT2D eigenvalue weighted by Gasteiger charge is -2.08. The quantitative estimate of drug-likeness (QED) is 0.940. The van der Waals surface area contributed by atoms with Gasteiger partial charge in [-0.1, -0.05) is 29.8 Å². The summed E-state index contributed by atoms with van der Waals surface area (Å²) in [6, 6.07) is 12.0. The minimum atomic E-state index is -3.66. The van der Waals surface area contributed by atoms with Gasteiger partial charge in [-0.15, -0.1) is 0 Å². The van der Waals surface area contributed by atoms with Crippen LogP contribution in [-0.4, -0.2) is 8.42 Å². The lowest BCUT2D eigenvalue weighted by Crippen LogP contribution is -2.15. The third-order valence-electron chi connectivity index (χ3n) is 2.42. The van der Waals surface area contributed by atoms with Crippen molar-refractivity contribution in [2.24, 2.45) is 0 Å². The third-order valence-corrected chi connectivity index (χ3v) is 3.91. The molecule has 100 valence electrons. The molecule has 0 spiro atoms. The first kappa shape index (κ1) is 13.8. The van der Waals surface area contributed by atoms with Crippen LogP contribution in [0.5, 0.6) is 0 Å². The van der Waals surface area contributed by atoms with Gasteiger partial charge in [0.1, 0.15) is 5.82 Å². The molecule has 0 heterocycles. The number of anilines is 1. The molecular weight excluding hydrogens is 289 g/mol. The van der Waals surface area contributed by atoms with Gasteiger partial charge in [-0.25, -0.2) is 12.8 Å². The Bertz CT molecular complexity index is 671. The molecule has 0 aliphatic rings. The molecule has 0 radical (unpaired) electrons. The van der Waals surface area contributed by atoms with Crippen LogP contribution >= 0.6 is 11.6 Å². The van der Waals surface area contributed by atoms with Crippen LogP contribution in [-0.2, 0) is 15.8 Å². The van der Waals surface area contributed by atoms with Gasteiger partial charge in [0.2, 0.25) is 10.0 Å². The Kier molecular flexibility index (Phi) is 4.07. The number of hydrogen-bond acceptors (Lipinski definition) is 2. The van der Waals surface area contributed by atoms with Gasteiger partial charge >= 0.3 is 0 Å². The van der Waals surface area contributed by atoms with Gasteiger partial charge in [-0.2, -0.15) is 0 Å². The van der Waals surface area contributed by atoms with Gasteiger partial charge in [0.25, 0.3) is 0 Å². The predicted molar refractivity (Wildman–Crippen MR) is 74.1 cm³/mol. The molecule has 0 aliphatic carbocycles. The van der Waals surface area contributed by atoms with Gasteiger partial charge in [0, 0.05) is 16.3 Å². The van der Waals surface area contributed by atoms with Crippen molar-refractivity contribution in [2.75, 3.05) is 4.72 Å². The second-order valence-corrected chi connectivity index (χ2v) is 6.12. The summed E-state index contributed by atoms with van der Waals surface area (Å²) in [5.74, 6) is -0.952. The molecule has 0 amide bonds. The van der Waals surface area contributed by atoms with Crippen LogP contribution < -0.4 is 4.72 Å². The zero-order chi connectivity index (χ0) is 13.9. The van der Waals surface area contributed by atoms with Crippen LogP contribution in [0.3, 0.4) is 0 Å². The third kappa shape index (κ3) is 3.94. The summed E-state index contributed by atoms with van der Waals surface area (Å²) >= 11 is 5.71. The van der Waals surface area contributed by atoms with Gasteiger partial charge in [-0.05, 0) is 30.3 Å². The average Bonchev–Trinajstić information content (AvgIpc) is 2.35. The predicted octanol–water partition coefficient (Wildman–Crippen LogP) is 3.42. The summed E-state index contributed by atoms with van der Waals surface area (Å²) in [5, 5.41) is 0.511. The summed E-state index contributed by atoms with van der Waals surface area (Å²) in [7, 11) is -3.66. The molecule has 2 rings (SSSR count). The van der Waals surface area contributed by atoms with E-state index in [2.05, 4.69) is 4.72 Å². The molecule has 0 bridgehead atoms. The van der Waals surface area contributed by atoms with Crippen molar-refractivity contribution >= 4 is 27.3 Å². The number of hydrogen-bond donors (Lipinski definition) is 1. The Labute approximate surface area is 116 Å². The largest absolute Gasteiger partial charge is 0.283 e. The zero-order valence-electron chi connectivity index (χ0n) is 9.81. The van der Waals surface area contributed by atoms with E-state index in [-0.39, 0.29) is 5.56 Å². The number of rotatable bonds is 4. The van der Waals surface area contributed by atoms with Crippen molar-refractivity contribution in [1.29, 1.82) is 0 Å². The molecule has 0 aromatic heterocycles. The van der Waals surface area contributed by atoms with Crippen LogP contribution in [0.25, 0.3) is 0 Å². The topological polar surface area (TPSA) is 46.2 Å². The highest BCUT2D eigenvalue weighted by Crippen LogP contribution is 2.17. The van der Waals surface area contributed by atoms with Crippen molar-refractivity contribution < 1.29 is 12.8 Å². The van der Waals surface area contributed by atoms with E-state index in [1.165, 1.54) is 18.2 Å². The van der Waals surface area contributed by atoms with Crippen molar-refractivity contribution in [3.05, 3.63) is 64.9 Å². The van der Waals surface area contributed by atoms with Crippen LogP contribution in [0.1, 0.15) is 5.56 Å². The first-order valence-corrected chi connectivity index (χ1v) is 7.49. The lowest BCUT2D eigenvalue weighted by molar-refractivity contribution is 0.591. The van der Waals surface area contributed by atoms with Crippen molar-refractivity contribution in [1.82, 2.24) is 0 Å². The highest BCUT2D eigenvalue weighted by Gasteiger charge is 2.14. The normalized spacial score (nSPS) is 11.3.